The molecule has 0 aliphatic carbocycles. The number of hydrogen-bond acceptors (Lipinski definition) is 4. The average molecular weight is 352 g/mol. The molecule has 2 aromatic carbocycles. The van der Waals surface area contributed by atoms with Crippen molar-refractivity contribution in [2.75, 3.05) is 12.4 Å². The smallest absolute Gasteiger partial charge is 0.341 e. The van der Waals surface area contributed by atoms with E-state index in [0.29, 0.717) is 11.4 Å². The third kappa shape index (κ3) is 4.45. The minimum atomic E-state index is -1.11. The summed E-state index contributed by atoms with van der Waals surface area (Å²) in [6.45, 7) is 1.39. The molecule has 0 saturated carbocycles. The first-order chi connectivity index (χ1) is 11.4. The van der Waals surface area contributed by atoms with Gasteiger partial charge in [0.15, 0.2) is 6.10 Å². The molecule has 2 rings (SSSR count). The Bertz CT molecular complexity index is 749. The fourth-order valence-electron chi connectivity index (χ4n) is 1.85. The molecule has 1 N–H and O–H groups in total. The van der Waals surface area contributed by atoms with Crippen molar-refractivity contribution in [2.24, 2.45) is 0 Å². The number of esters is 1. The van der Waals surface area contributed by atoms with E-state index >= 15 is 0 Å². The molecule has 0 spiro atoms. The molecule has 24 heavy (non-hydrogen) atoms. The number of halogens is 2. The van der Waals surface area contributed by atoms with Crippen LogP contribution in [0.3, 0.4) is 0 Å². The molecule has 0 heterocycles. The number of anilines is 1. The molecule has 0 saturated heterocycles. The summed E-state index contributed by atoms with van der Waals surface area (Å²) in [5.74, 6) is -1.64. The van der Waals surface area contributed by atoms with Crippen molar-refractivity contribution < 1.29 is 23.5 Å². The lowest BCUT2D eigenvalue weighted by atomic mass is 10.2. The highest BCUT2D eigenvalue weighted by atomic mass is 35.5. The van der Waals surface area contributed by atoms with Gasteiger partial charge < -0.3 is 14.8 Å². The zero-order valence-corrected chi connectivity index (χ0v) is 13.8. The minimum Gasteiger partial charge on any atom is -0.497 e. The lowest BCUT2D eigenvalue weighted by Crippen LogP contribution is -2.30. The summed E-state index contributed by atoms with van der Waals surface area (Å²) in [5, 5.41) is 2.78. The van der Waals surface area contributed by atoms with E-state index in [1.165, 1.54) is 20.1 Å². The van der Waals surface area contributed by atoms with Gasteiger partial charge in [0, 0.05) is 10.7 Å². The first-order valence-electron chi connectivity index (χ1n) is 7.01. The highest BCUT2D eigenvalue weighted by Gasteiger charge is 2.21. The summed E-state index contributed by atoms with van der Waals surface area (Å²) in [6.07, 6.45) is -1.11. The van der Waals surface area contributed by atoms with Gasteiger partial charge >= 0.3 is 5.97 Å². The van der Waals surface area contributed by atoms with E-state index in [1.54, 1.807) is 24.3 Å². The third-order valence-electron chi connectivity index (χ3n) is 3.16. The molecule has 2 aromatic rings. The van der Waals surface area contributed by atoms with Gasteiger partial charge in [-0.15, -0.1) is 0 Å². The van der Waals surface area contributed by atoms with E-state index < -0.39 is 23.8 Å². The standard InChI is InChI=1S/C17H15ClFNO4/c1-10(16(21)20-12-4-6-13(23-2)7-5-12)24-17(22)14-9-11(18)3-8-15(14)19/h3-10H,1-2H3,(H,20,21)/t10-/m0/s1. The molecular weight excluding hydrogens is 337 g/mol. The van der Waals surface area contributed by atoms with Crippen LogP contribution in [0, 0.1) is 5.82 Å². The quantitative estimate of drug-likeness (QED) is 0.835. The van der Waals surface area contributed by atoms with Gasteiger partial charge in [0.25, 0.3) is 5.91 Å². The number of methoxy groups -OCH3 is 1. The topological polar surface area (TPSA) is 64.6 Å². The average Bonchev–Trinajstić information content (AvgIpc) is 2.57. The van der Waals surface area contributed by atoms with Gasteiger partial charge in [0.1, 0.15) is 11.6 Å². The molecule has 7 heteroatoms. The monoisotopic (exact) mass is 351 g/mol. The first-order valence-corrected chi connectivity index (χ1v) is 7.39. The van der Waals surface area contributed by atoms with Crippen molar-refractivity contribution in [3.05, 3.63) is 58.9 Å². The van der Waals surface area contributed by atoms with Gasteiger partial charge in [0.2, 0.25) is 0 Å². The van der Waals surface area contributed by atoms with Crippen molar-refractivity contribution in [2.45, 2.75) is 13.0 Å². The van der Waals surface area contributed by atoms with Gasteiger partial charge in [-0.25, -0.2) is 9.18 Å². The molecular formula is C17H15ClFNO4. The van der Waals surface area contributed by atoms with Crippen LogP contribution in [0.15, 0.2) is 42.5 Å². The van der Waals surface area contributed by atoms with E-state index in [9.17, 15) is 14.0 Å². The number of amides is 1. The number of hydrogen-bond donors (Lipinski definition) is 1. The molecule has 0 bridgehead atoms. The Morgan fingerprint density at radius 3 is 2.46 bits per heavy atom. The van der Waals surface area contributed by atoms with Crippen LogP contribution in [0.2, 0.25) is 5.02 Å². The Morgan fingerprint density at radius 1 is 1.17 bits per heavy atom. The summed E-state index contributed by atoms with van der Waals surface area (Å²) in [5.41, 5.74) is 0.184. The largest absolute Gasteiger partial charge is 0.497 e. The third-order valence-corrected chi connectivity index (χ3v) is 3.39. The summed E-state index contributed by atoms with van der Waals surface area (Å²) in [6, 6.07) is 10.1. The molecule has 1 atom stereocenters. The maximum absolute atomic E-state index is 13.6. The first kappa shape index (κ1) is 17.7. The summed E-state index contributed by atoms with van der Waals surface area (Å²) in [4.78, 5) is 24.0. The summed E-state index contributed by atoms with van der Waals surface area (Å²) >= 11 is 5.73. The molecule has 1 amide bonds. The predicted molar refractivity (Wildman–Crippen MR) is 87.9 cm³/mol. The van der Waals surface area contributed by atoms with Crippen LogP contribution in [0.25, 0.3) is 0 Å². The van der Waals surface area contributed by atoms with Crippen molar-refractivity contribution in [3.8, 4) is 5.75 Å². The normalized spacial score (nSPS) is 11.5. The number of ether oxygens (including phenoxy) is 2. The molecule has 126 valence electrons. The number of rotatable bonds is 5. The SMILES string of the molecule is COc1ccc(NC(=O)[C@H](C)OC(=O)c2cc(Cl)ccc2F)cc1. The molecule has 0 fully saturated rings. The minimum absolute atomic E-state index is 0.193. The van der Waals surface area contributed by atoms with Crippen molar-refractivity contribution in [1.82, 2.24) is 0 Å². The molecule has 0 aliphatic rings. The zero-order chi connectivity index (χ0) is 17.7. The van der Waals surface area contributed by atoms with E-state index in [-0.39, 0.29) is 10.6 Å². The number of carbonyl (C=O) groups is 2. The van der Waals surface area contributed by atoms with Crippen LogP contribution in [0.1, 0.15) is 17.3 Å². The summed E-state index contributed by atoms with van der Waals surface area (Å²) in [7, 11) is 1.53. The van der Waals surface area contributed by atoms with Crippen molar-refractivity contribution in [1.29, 1.82) is 0 Å². The van der Waals surface area contributed by atoms with E-state index in [2.05, 4.69) is 5.32 Å². The van der Waals surface area contributed by atoms with Gasteiger partial charge in [-0.1, -0.05) is 11.6 Å². The fourth-order valence-corrected chi connectivity index (χ4v) is 2.02. The molecule has 0 unspecified atom stereocenters. The van der Waals surface area contributed by atoms with E-state index in [1.807, 2.05) is 0 Å². The second-order valence-electron chi connectivity index (χ2n) is 4.89. The van der Waals surface area contributed by atoms with Crippen molar-refractivity contribution >= 4 is 29.2 Å². The molecule has 0 radical (unpaired) electrons. The predicted octanol–water partition coefficient (Wildman–Crippen LogP) is 3.67. The van der Waals surface area contributed by atoms with Crippen LogP contribution in [-0.4, -0.2) is 25.1 Å². The van der Waals surface area contributed by atoms with E-state index in [4.69, 9.17) is 21.1 Å². The van der Waals surface area contributed by atoms with Crippen LogP contribution in [0.4, 0.5) is 10.1 Å². The molecule has 5 nitrogen and oxygen atoms in total. The molecule has 0 aromatic heterocycles. The second-order valence-corrected chi connectivity index (χ2v) is 5.33. The maximum atomic E-state index is 13.6. The Kier molecular flexibility index (Phi) is 5.76. The fraction of sp³-hybridized carbons (Fsp3) is 0.176. The van der Waals surface area contributed by atoms with E-state index in [0.717, 1.165) is 12.1 Å². The summed E-state index contributed by atoms with van der Waals surface area (Å²) < 4.78 is 23.6. The highest BCUT2D eigenvalue weighted by Crippen LogP contribution is 2.18. The van der Waals surface area contributed by atoms with Crippen LogP contribution >= 0.6 is 11.6 Å². The zero-order valence-electron chi connectivity index (χ0n) is 13.0. The Morgan fingerprint density at radius 2 is 1.83 bits per heavy atom. The number of benzene rings is 2. The highest BCUT2D eigenvalue weighted by molar-refractivity contribution is 6.30. The lowest BCUT2D eigenvalue weighted by molar-refractivity contribution is -0.123. The maximum Gasteiger partial charge on any atom is 0.341 e. The molecule has 0 aliphatic heterocycles. The van der Waals surface area contributed by atoms with Crippen molar-refractivity contribution in [3.63, 3.8) is 0 Å². The van der Waals surface area contributed by atoms with Gasteiger partial charge in [-0.3, -0.25) is 4.79 Å². The Hall–Kier alpha value is -2.60. The Balaban J connectivity index is 2.00. The second kappa shape index (κ2) is 7.79. The van der Waals surface area contributed by atoms with Crippen LogP contribution in [0.5, 0.6) is 5.75 Å². The number of nitrogens with one attached hydrogen (secondary N) is 1. The lowest BCUT2D eigenvalue weighted by Gasteiger charge is -2.14. The van der Waals surface area contributed by atoms with Gasteiger partial charge in [0.05, 0.1) is 12.7 Å². The van der Waals surface area contributed by atoms with Gasteiger partial charge in [-0.2, -0.15) is 0 Å². The van der Waals surface area contributed by atoms with Crippen LogP contribution < -0.4 is 10.1 Å². The van der Waals surface area contributed by atoms with Gasteiger partial charge in [-0.05, 0) is 49.4 Å². The Labute approximate surface area is 143 Å². The number of carbonyl (C=O) groups excluding carboxylic acids is 2. The van der Waals surface area contributed by atoms with Crippen LogP contribution in [-0.2, 0) is 9.53 Å².